The number of carbonyl (C=O) groups excluding carboxylic acids is 6. The van der Waals surface area contributed by atoms with Crippen LogP contribution in [-0.4, -0.2) is 102 Å². The van der Waals surface area contributed by atoms with Crippen LogP contribution in [0, 0.1) is 17.8 Å². The molecule has 3 amide bonds. The van der Waals surface area contributed by atoms with Gasteiger partial charge in [0.25, 0.3) is 5.91 Å². The molecule has 1 aliphatic rings. The number of ketones is 1. The van der Waals surface area contributed by atoms with Gasteiger partial charge in [0, 0.05) is 56.7 Å². The SMILES string of the molecule is COC(=O)[C@@H](C)C[C@H](Cc1ccccc1)NC(=O)c1nc([C@@H](C[C@H](C(C)C)N(C)C(=O)[C@@H](NC(=O)[C@H]2CC(=O)CCN2C)C(C)C)OC(C)=O)sc1C(C)C. The van der Waals surface area contributed by atoms with Crippen molar-refractivity contribution < 1.29 is 38.2 Å². The Hall–Kier alpha value is -4.17. The highest BCUT2D eigenvalue weighted by Crippen LogP contribution is 2.36. The normalized spacial score (nSPS) is 17.6. The molecule has 2 aromatic rings. The highest BCUT2D eigenvalue weighted by atomic mass is 32.1. The summed E-state index contributed by atoms with van der Waals surface area (Å²) < 4.78 is 10.8. The number of esters is 2. The zero-order valence-corrected chi connectivity index (χ0v) is 35.2. The lowest BCUT2D eigenvalue weighted by atomic mass is 9.94. The second kappa shape index (κ2) is 20.7. The van der Waals surface area contributed by atoms with E-state index < -0.39 is 48.1 Å². The highest BCUT2D eigenvalue weighted by molar-refractivity contribution is 7.12. The minimum atomic E-state index is -0.877. The molecule has 304 valence electrons. The molecule has 13 nitrogen and oxygen atoms in total. The topological polar surface area (TPSA) is 164 Å². The maximum Gasteiger partial charge on any atom is 0.308 e. The van der Waals surface area contributed by atoms with Crippen molar-refractivity contribution >= 4 is 46.8 Å². The minimum Gasteiger partial charge on any atom is -0.469 e. The Kier molecular flexibility index (Phi) is 17.0. The summed E-state index contributed by atoms with van der Waals surface area (Å²) in [6.07, 6.45) is 0.644. The summed E-state index contributed by atoms with van der Waals surface area (Å²) in [6.45, 7) is 15.1. The summed E-state index contributed by atoms with van der Waals surface area (Å²) in [5.74, 6) is -2.86. The van der Waals surface area contributed by atoms with Crippen molar-refractivity contribution in [3.8, 4) is 0 Å². The molecule has 55 heavy (non-hydrogen) atoms. The lowest BCUT2D eigenvalue weighted by molar-refractivity contribution is -0.149. The van der Waals surface area contributed by atoms with Gasteiger partial charge >= 0.3 is 11.9 Å². The van der Waals surface area contributed by atoms with Crippen molar-refractivity contribution in [2.45, 2.75) is 124 Å². The quantitative estimate of drug-likeness (QED) is 0.195. The molecule has 2 heterocycles. The average Bonchev–Trinajstić information content (AvgIpc) is 3.58. The summed E-state index contributed by atoms with van der Waals surface area (Å²) in [7, 11) is 4.82. The number of piperidine rings is 1. The first-order chi connectivity index (χ1) is 25.8. The molecule has 14 heteroatoms. The van der Waals surface area contributed by atoms with Gasteiger partial charge in [-0.2, -0.15) is 0 Å². The highest BCUT2D eigenvalue weighted by Gasteiger charge is 2.38. The van der Waals surface area contributed by atoms with Gasteiger partial charge in [-0.05, 0) is 43.2 Å². The standard InChI is InChI=1S/C41H61N5O8S/c1-23(2)31(46(10)40(51)34(24(3)4)43-37(49)32-21-30(48)17-18-45(32)9)22-33(54-27(8)47)39-44-35(36(55-39)25(5)6)38(50)42-29(19-26(7)41(52)53-11)20-28-15-13-12-14-16-28/h12-16,23-26,29,31-34H,17-22H2,1-11H3,(H,42,50)(H,43,49)/t26-,29+,31+,32+,33+,34-/m0/s1. The van der Waals surface area contributed by atoms with E-state index >= 15 is 0 Å². The molecule has 0 unspecified atom stereocenters. The van der Waals surface area contributed by atoms with E-state index in [4.69, 9.17) is 14.5 Å². The monoisotopic (exact) mass is 783 g/mol. The van der Waals surface area contributed by atoms with E-state index in [0.717, 1.165) is 5.56 Å². The number of likely N-dealkylation sites (N-methyl/N-ethyl adjacent to an activating group) is 2. The van der Waals surface area contributed by atoms with E-state index in [1.165, 1.54) is 25.4 Å². The number of rotatable bonds is 18. The molecule has 2 N–H and O–H groups in total. The van der Waals surface area contributed by atoms with Gasteiger partial charge in [-0.25, -0.2) is 4.98 Å². The van der Waals surface area contributed by atoms with Crippen molar-refractivity contribution in [2.24, 2.45) is 17.8 Å². The Balaban J connectivity index is 1.91. The number of ether oxygens (including phenoxy) is 2. The van der Waals surface area contributed by atoms with Crippen molar-refractivity contribution in [1.82, 2.24) is 25.4 Å². The van der Waals surface area contributed by atoms with E-state index in [9.17, 15) is 28.8 Å². The number of nitrogens with one attached hydrogen (secondary N) is 2. The predicted molar refractivity (Wildman–Crippen MR) is 211 cm³/mol. The van der Waals surface area contributed by atoms with E-state index in [-0.39, 0.29) is 59.9 Å². The molecule has 1 fully saturated rings. The van der Waals surface area contributed by atoms with Gasteiger partial charge in [0.2, 0.25) is 11.8 Å². The van der Waals surface area contributed by atoms with Crippen LogP contribution in [0.3, 0.4) is 0 Å². The summed E-state index contributed by atoms with van der Waals surface area (Å²) >= 11 is 1.29. The number of likely N-dealkylation sites (tertiary alicyclic amines) is 1. The lowest BCUT2D eigenvalue weighted by Crippen LogP contribution is -2.58. The van der Waals surface area contributed by atoms with Gasteiger partial charge < -0.3 is 25.0 Å². The van der Waals surface area contributed by atoms with Crippen molar-refractivity contribution in [3.05, 3.63) is 51.5 Å². The Morgan fingerprint density at radius 2 is 1.64 bits per heavy atom. The number of methoxy groups -OCH3 is 1. The number of amides is 3. The number of thiazole rings is 1. The van der Waals surface area contributed by atoms with Gasteiger partial charge in [-0.1, -0.05) is 78.8 Å². The number of hydrogen-bond donors (Lipinski definition) is 2. The van der Waals surface area contributed by atoms with Crippen molar-refractivity contribution in [2.75, 3.05) is 27.7 Å². The van der Waals surface area contributed by atoms with Crippen LogP contribution in [0.2, 0.25) is 0 Å². The Morgan fingerprint density at radius 3 is 2.20 bits per heavy atom. The smallest absolute Gasteiger partial charge is 0.308 e. The molecule has 0 saturated carbocycles. The van der Waals surface area contributed by atoms with Gasteiger partial charge in [0.05, 0.1) is 19.1 Å². The average molecular weight is 784 g/mol. The second-order valence-electron chi connectivity index (χ2n) is 15.8. The molecule has 0 aliphatic carbocycles. The Labute approximate surface area is 330 Å². The predicted octanol–water partition coefficient (Wildman–Crippen LogP) is 5.09. The molecule has 6 atom stereocenters. The first-order valence-electron chi connectivity index (χ1n) is 19.2. The molecule has 1 aromatic carbocycles. The molecule has 3 rings (SSSR count). The van der Waals surface area contributed by atoms with Crippen molar-refractivity contribution in [3.63, 3.8) is 0 Å². The number of Topliss-reactive ketones (excluding diaryl/α,β-unsaturated/α-hetero) is 1. The summed E-state index contributed by atoms with van der Waals surface area (Å²) in [5.41, 5.74) is 1.21. The van der Waals surface area contributed by atoms with Crippen LogP contribution in [0.1, 0.15) is 119 Å². The van der Waals surface area contributed by atoms with Gasteiger partial charge in [-0.3, -0.25) is 33.7 Å². The molecule has 0 spiro atoms. The fraction of sp³-hybridized carbons (Fsp3) is 0.634. The number of nitrogens with zero attached hydrogens (tertiary/aromatic N) is 3. The number of aromatic nitrogens is 1. The maximum absolute atomic E-state index is 14.2. The number of carbonyl (C=O) groups is 6. The lowest BCUT2D eigenvalue weighted by Gasteiger charge is -2.37. The van der Waals surface area contributed by atoms with Crippen LogP contribution in [0.4, 0.5) is 0 Å². The van der Waals surface area contributed by atoms with Crippen LogP contribution < -0.4 is 10.6 Å². The molecule has 1 aromatic heterocycles. The van der Waals surface area contributed by atoms with Gasteiger partial charge in [-0.15, -0.1) is 11.3 Å². The zero-order chi connectivity index (χ0) is 41.1. The Morgan fingerprint density at radius 1 is 0.982 bits per heavy atom. The third kappa shape index (κ3) is 12.7. The minimum absolute atomic E-state index is 0.0165. The van der Waals surface area contributed by atoms with Gasteiger partial charge in [0.15, 0.2) is 6.10 Å². The fourth-order valence-corrected chi connectivity index (χ4v) is 8.09. The van der Waals surface area contributed by atoms with Gasteiger partial charge in [0.1, 0.15) is 22.5 Å². The molecule has 1 saturated heterocycles. The zero-order valence-electron chi connectivity index (χ0n) is 34.3. The van der Waals surface area contributed by atoms with E-state index in [1.807, 2.05) is 76.8 Å². The third-order valence-electron chi connectivity index (χ3n) is 10.2. The van der Waals surface area contributed by atoms with E-state index in [0.29, 0.717) is 35.7 Å². The number of benzene rings is 1. The summed E-state index contributed by atoms with van der Waals surface area (Å²) in [4.78, 5) is 87.6. The van der Waals surface area contributed by atoms with Crippen LogP contribution in [0.15, 0.2) is 30.3 Å². The third-order valence-corrected chi connectivity index (χ3v) is 11.6. The van der Waals surface area contributed by atoms with Crippen LogP contribution in [0.5, 0.6) is 0 Å². The maximum atomic E-state index is 14.2. The largest absolute Gasteiger partial charge is 0.469 e. The van der Waals surface area contributed by atoms with Crippen LogP contribution in [-0.2, 0) is 39.9 Å². The Bertz CT molecular complexity index is 1640. The van der Waals surface area contributed by atoms with Crippen molar-refractivity contribution in [1.29, 1.82) is 0 Å². The first kappa shape index (κ1) is 45.2. The molecular weight excluding hydrogens is 723 g/mol. The van der Waals surface area contributed by atoms with E-state index in [2.05, 4.69) is 10.6 Å². The summed E-state index contributed by atoms with van der Waals surface area (Å²) in [6, 6.07) is 7.33. The molecular formula is C41H61N5O8S. The summed E-state index contributed by atoms with van der Waals surface area (Å²) in [5, 5.41) is 6.47. The van der Waals surface area contributed by atoms with E-state index in [1.54, 1.807) is 25.9 Å². The molecule has 0 radical (unpaired) electrons. The molecule has 1 aliphatic heterocycles. The first-order valence-corrected chi connectivity index (χ1v) is 20.0. The van der Waals surface area contributed by atoms with Crippen LogP contribution in [0.25, 0.3) is 0 Å². The second-order valence-corrected chi connectivity index (χ2v) is 16.8. The van der Waals surface area contributed by atoms with Crippen LogP contribution >= 0.6 is 11.3 Å². The molecule has 0 bridgehead atoms. The fourth-order valence-electron chi connectivity index (χ4n) is 6.98. The number of hydrogen-bond acceptors (Lipinski definition) is 11.